The van der Waals surface area contributed by atoms with Crippen molar-refractivity contribution < 1.29 is 8.95 Å². The van der Waals surface area contributed by atoms with E-state index in [9.17, 15) is 4.21 Å². The first-order chi connectivity index (χ1) is 12.0. The molecule has 0 bridgehead atoms. The Morgan fingerprint density at radius 3 is 2.44 bits per heavy atom. The monoisotopic (exact) mass is 353 g/mol. The summed E-state index contributed by atoms with van der Waals surface area (Å²) in [5.41, 5.74) is 4.80. The van der Waals surface area contributed by atoms with Crippen molar-refractivity contribution >= 4 is 16.6 Å². The van der Waals surface area contributed by atoms with E-state index in [1.807, 2.05) is 45.0 Å². The molecule has 2 aliphatic rings. The zero-order valence-corrected chi connectivity index (χ0v) is 15.7. The van der Waals surface area contributed by atoms with Crippen LogP contribution in [0.25, 0.3) is 5.57 Å². The van der Waals surface area contributed by atoms with Gasteiger partial charge in [0, 0.05) is 12.1 Å². The average Bonchev–Trinajstić information content (AvgIpc) is 3.01. The maximum atomic E-state index is 13.3. The summed E-state index contributed by atoms with van der Waals surface area (Å²) in [6.45, 7) is 7.35. The van der Waals surface area contributed by atoms with Crippen LogP contribution in [0.3, 0.4) is 0 Å². The highest BCUT2D eigenvalue weighted by Crippen LogP contribution is 2.48. The summed E-state index contributed by atoms with van der Waals surface area (Å²) in [6.07, 6.45) is 0. The van der Waals surface area contributed by atoms with Crippen molar-refractivity contribution in [1.29, 1.82) is 0 Å². The van der Waals surface area contributed by atoms with Gasteiger partial charge in [0.15, 0.2) is 0 Å². The minimum Gasteiger partial charge on any atom is -0.489 e. The van der Waals surface area contributed by atoms with E-state index in [4.69, 9.17) is 4.74 Å². The Labute approximate surface area is 151 Å². The summed E-state index contributed by atoms with van der Waals surface area (Å²) in [7, 11) is -1.10. The maximum Gasteiger partial charge on any atom is 0.124 e. The summed E-state index contributed by atoms with van der Waals surface area (Å²) < 4.78 is 21.1. The smallest absolute Gasteiger partial charge is 0.124 e. The Hall–Kier alpha value is -1.91. The first kappa shape index (κ1) is 16.6. The molecule has 3 nitrogen and oxygen atoms in total. The van der Waals surface area contributed by atoms with Gasteiger partial charge in [-0.2, -0.15) is 0 Å². The molecule has 1 unspecified atom stereocenters. The van der Waals surface area contributed by atoms with Crippen LogP contribution in [0.1, 0.15) is 37.9 Å². The number of fused-ring (bicyclic) bond motifs is 3. The van der Waals surface area contributed by atoms with Gasteiger partial charge in [-0.1, -0.05) is 48.5 Å². The van der Waals surface area contributed by atoms with E-state index >= 15 is 0 Å². The van der Waals surface area contributed by atoms with Gasteiger partial charge in [0.05, 0.1) is 10.8 Å². The van der Waals surface area contributed by atoms with Gasteiger partial charge in [-0.25, -0.2) is 8.51 Å². The predicted octanol–water partition coefficient (Wildman–Crippen LogP) is 4.35. The van der Waals surface area contributed by atoms with Crippen molar-refractivity contribution in [3.63, 3.8) is 0 Å². The molecule has 2 heterocycles. The molecule has 0 aromatic heterocycles. The van der Waals surface area contributed by atoms with E-state index in [2.05, 4.69) is 34.6 Å². The van der Waals surface area contributed by atoms with Crippen LogP contribution >= 0.6 is 0 Å². The van der Waals surface area contributed by atoms with Crippen LogP contribution in [0.5, 0.6) is 5.75 Å². The number of hydrogen-bond donors (Lipinski definition) is 0. The number of para-hydroxylation sites is 1. The van der Waals surface area contributed by atoms with Crippen molar-refractivity contribution in [2.75, 3.05) is 13.2 Å². The van der Waals surface area contributed by atoms with Crippen molar-refractivity contribution in [3.8, 4) is 5.75 Å². The van der Waals surface area contributed by atoms with Gasteiger partial charge in [0.25, 0.3) is 0 Å². The Kier molecular flexibility index (Phi) is 4.05. The lowest BCUT2D eigenvalue weighted by Gasteiger charge is -2.34. The number of ether oxygens (including phenoxy) is 1. The summed E-state index contributed by atoms with van der Waals surface area (Å²) >= 11 is 0. The molecule has 130 valence electrons. The van der Waals surface area contributed by atoms with Gasteiger partial charge in [-0.05, 0) is 43.5 Å². The molecule has 2 aliphatic heterocycles. The highest BCUT2D eigenvalue weighted by Gasteiger charge is 2.43. The second-order valence-electron chi connectivity index (χ2n) is 7.54. The van der Waals surface area contributed by atoms with Gasteiger partial charge in [0.1, 0.15) is 23.3 Å². The maximum absolute atomic E-state index is 13.3. The lowest BCUT2D eigenvalue weighted by Crippen LogP contribution is -2.39. The molecular formula is C21H23NO2S. The summed E-state index contributed by atoms with van der Waals surface area (Å²) in [5, 5.41) is 0. The molecule has 25 heavy (non-hydrogen) atoms. The van der Waals surface area contributed by atoms with E-state index in [0.717, 1.165) is 11.3 Å². The Balaban J connectivity index is 1.85. The molecule has 4 heteroatoms. The lowest BCUT2D eigenvalue weighted by molar-refractivity contribution is 0.291. The van der Waals surface area contributed by atoms with Gasteiger partial charge >= 0.3 is 0 Å². The molecule has 0 spiro atoms. The SMILES string of the molecule is CC(C)(C)S(=O)N1CC(c2ccccc2)=C2COc3ccccc3[C@H]21. The molecule has 0 saturated carbocycles. The minimum atomic E-state index is -1.10. The fraction of sp³-hybridized carbons (Fsp3) is 0.333. The van der Waals surface area contributed by atoms with Gasteiger partial charge < -0.3 is 4.74 Å². The van der Waals surface area contributed by atoms with Crippen molar-refractivity contribution in [2.45, 2.75) is 31.6 Å². The summed E-state index contributed by atoms with van der Waals surface area (Å²) in [4.78, 5) is 0. The first-order valence-corrected chi connectivity index (χ1v) is 9.75. The summed E-state index contributed by atoms with van der Waals surface area (Å²) in [6, 6.07) is 18.5. The van der Waals surface area contributed by atoms with Gasteiger partial charge in [0.2, 0.25) is 0 Å². The number of nitrogens with zero attached hydrogens (tertiary/aromatic N) is 1. The largest absolute Gasteiger partial charge is 0.489 e. The Morgan fingerprint density at radius 2 is 1.72 bits per heavy atom. The molecule has 4 rings (SSSR count). The van der Waals surface area contributed by atoms with Crippen LogP contribution in [0, 0.1) is 0 Å². The average molecular weight is 353 g/mol. The molecule has 2 atom stereocenters. The fourth-order valence-electron chi connectivity index (χ4n) is 3.61. The van der Waals surface area contributed by atoms with Crippen LogP contribution in [-0.2, 0) is 11.0 Å². The molecule has 0 saturated heterocycles. The molecule has 0 N–H and O–H groups in total. The molecule has 2 aromatic rings. The van der Waals surface area contributed by atoms with Crippen LogP contribution in [0.2, 0.25) is 0 Å². The Morgan fingerprint density at radius 1 is 1.04 bits per heavy atom. The second-order valence-corrected chi connectivity index (χ2v) is 9.73. The molecule has 0 radical (unpaired) electrons. The summed E-state index contributed by atoms with van der Waals surface area (Å²) in [5.74, 6) is 0.904. The number of benzene rings is 2. The van der Waals surface area contributed by atoms with Crippen LogP contribution in [0.4, 0.5) is 0 Å². The van der Waals surface area contributed by atoms with Crippen molar-refractivity contribution in [1.82, 2.24) is 4.31 Å². The molecular weight excluding hydrogens is 330 g/mol. The van der Waals surface area contributed by atoms with Crippen molar-refractivity contribution in [2.24, 2.45) is 0 Å². The molecule has 0 fully saturated rings. The van der Waals surface area contributed by atoms with Gasteiger partial charge in [-0.3, -0.25) is 0 Å². The standard InChI is InChI=1S/C21H23NO2S/c1-21(2,3)25(23)22-13-17(15-9-5-4-6-10-15)18-14-24-19-12-8-7-11-16(19)20(18)22/h4-12,20H,13-14H2,1-3H3/t20-,25?/m1/s1. The predicted molar refractivity (Wildman–Crippen MR) is 103 cm³/mol. The normalized spacial score (nSPS) is 21.5. The van der Waals surface area contributed by atoms with Crippen LogP contribution in [-0.4, -0.2) is 26.4 Å². The molecule has 2 aromatic carbocycles. The quantitative estimate of drug-likeness (QED) is 0.803. The molecule has 0 amide bonds. The lowest BCUT2D eigenvalue weighted by atomic mass is 9.93. The fourth-order valence-corrected chi connectivity index (χ4v) is 4.99. The minimum absolute atomic E-state index is 0.0280. The Bertz CT molecular complexity index is 852. The number of hydrogen-bond acceptors (Lipinski definition) is 2. The topological polar surface area (TPSA) is 29.5 Å². The third-order valence-corrected chi connectivity index (χ3v) is 6.59. The van der Waals surface area contributed by atoms with Crippen molar-refractivity contribution in [3.05, 3.63) is 71.3 Å². The zero-order valence-electron chi connectivity index (χ0n) is 14.9. The molecule has 0 aliphatic carbocycles. The van der Waals surface area contributed by atoms with E-state index in [1.165, 1.54) is 16.7 Å². The van der Waals surface area contributed by atoms with Crippen LogP contribution < -0.4 is 4.74 Å². The second kappa shape index (κ2) is 6.11. The van der Waals surface area contributed by atoms with E-state index in [0.29, 0.717) is 13.2 Å². The van der Waals surface area contributed by atoms with Crippen LogP contribution in [0.15, 0.2) is 60.2 Å². The van der Waals surface area contributed by atoms with Gasteiger partial charge in [-0.15, -0.1) is 0 Å². The third-order valence-electron chi connectivity index (χ3n) is 4.78. The van der Waals surface area contributed by atoms with E-state index in [1.54, 1.807) is 0 Å². The zero-order chi connectivity index (χ0) is 17.6. The van der Waals surface area contributed by atoms with E-state index in [-0.39, 0.29) is 10.8 Å². The highest BCUT2D eigenvalue weighted by molar-refractivity contribution is 7.84. The third kappa shape index (κ3) is 2.83. The first-order valence-electron chi connectivity index (χ1n) is 8.64. The highest BCUT2D eigenvalue weighted by atomic mass is 32.2. The number of rotatable bonds is 2. The van der Waals surface area contributed by atoms with E-state index < -0.39 is 11.0 Å².